The summed E-state index contributed by atoms with van der Waals surface area (Å²) in [7, 11) is 0. The highest BCUT2D eigenvalue weighted by atomic mass is 35.5. The molecule has 2 aromatic rings. The lowest BCUT2D eigenvalue weighted by molar-refractivity contribution is 0.321. The fourth-order valence-electron chi connectivity index (χ4n) is 1.36. The maximum atomic E-state index is 8.59. The summed E-state index contributed by atoms with van der Waals surface area (Å²) in [4.78, 5) is 3.99. The second kappa shape index (κ2) is 3.64. The Hall–Kier alpha value is -1.61. The maximum absolute atomic E-state index is 8.59. The van der Waals surface area contributed by atoms with Crippen LogP contribution in [0.1, 0.15) is 5.56 Å². The molecule has 0 radical (unpaired) electrons. The Bertz CT molecular complexity index is 491. The fourth-order valence-corrected chi connectivity index (χ4v) is 1.52. The molecule has 0 spiro atoms. The zero-order chi connectivity index (χ0) is 9.97. The van der Waals surface area contributed by atoms with Gasteiger partial charge in [-0.2, -0.15) is 0 Å². The Morgan fingerprint density at radius 2 is 2.21 bits per heavy atom. The molecule has 0 aliphatic carbocycles. The Labute approximate surface area is 85.6 Å². The lowest BCUT2D eigenvalue weighted by Crippen LogP contribution is -1.92. The van der Waals surface area contributed by atoms with Crippen molar-refractivity contribution in [2.24, 2.45) is 5.16 Å². The van der Waals surface area contributed by atoms with Crippen LogP contribution in [-0.2, 0) is 0 Å². The van der Waals surface area contributed by atoms with Crippen LogP contribution in [0.15, 0.2) is 41.8 Å². The average molecular weight is 207 g/mol. The first-order valence-electron chi connectivity index (χ1n) is 4.03. The third-order valence-electron chi connectivity index (χ3n) is 1.99. The summed E-state index contributed by atoms with van der Waals surface area (Å²) in [6.07, 6.45) is 3.41. The largest absolute Gasteiger partial charge is 0.410 e. The van der Waals surface area contributed by atoms with E-state index in [0.717, 1.165) is 10.8 Å². The molecule has 70 valence electrons. The van der Waals surface area contributed by atoms with Crippen LogP contribution < -0.4 is 0 Å². The molecule has 0 atom stereocenters. The highest BCUT2D eigenvalue weighted by molar-refractivity contribution is 6.70. The van der Waals surface area contributed by atoms with Gasteiger partial charge in [-0.25, -0.2) is 0 Å². The molecule has 0 aliphatic heterocycles. The predicted octanol–water partition coefficient (Wildman–Crippen LogP) is 2.61. The predicted molar refractivity (Wildman–Crippen MR) is 55.9 cm³/mol. The van der Waals surface area contributed by atoms with Crippen molar-refractivity contribution in [3.63, 3.8) is 0 Å². The van der Waals surface area contributed by atoms with Gasteiger partial charge in [-0.3, -0.25) is 4.98 Å². The molecule has 1 N–H and O–H groups in total. The minimum Gasteiger partial charge on any atom is -0.410 e. The van der Waals surface area contributed by atoms with E-state index in [1.807, 2.05) is 18.2 Å². The van der Waals surface area contributed by atoms with Crippen molar-refractivity contribution < 1.29 is 5.21 Å². The SMILES string of the molecule is ON=C(Cl)c1cccc2cnccc12. The zero-order valence-corrected chi connectivity index (χ0v) is 7.94. The molecule has 0 bridgehead atoms. The number of rotatable bonds is 1. The summed E-state index contributed by atoms with van der Waals surface area (Å²) in [6.45, 7) is 0. The molecule has 14 heavy (non-hydrogen) atoms. The van der Waals surface area contributed by atoms with E-state index in [0.29, 0.717) is 5.56 Å². The standard InChI is InChI=1S/C10H7ClN2O/c11-10(13-14)9-3-1-2-7-6-12-5-4-8(7)9/h1-6,14H. The summed E-state index contributed by atoms with van der Waals surface area (Å²) in [5.74, 6) is 0. The number of oxime groups is 1. The summed E-state index contributed by atoms with van der Waals surface area (Å²) < 4.78 is 0. The van der Waals surface area contributed by atoms with Gasteiger partial charge < -0.3 is 5.21 Å². The van der Waals surface area contributed by atoms with Gasteiger partial charge in [-0.1, -0.05) is 35.0 Å². The molecule has 3 nitrogen and oxygen atoms in total. The Morgan fingerprint density at radius 3 is 3.00 bits per heavy atom. The van der Waals surface area contributed by atoms with Crippen LogP contribution in [0.4, 0.5) is 0 Å². The van der Waals surface area contributed by atoms with E-state index in [1.54, 1.807) is 18.5 Å². The number of nitrogens with zero attached hydrogens (tertiary/aromatic N) is 2. The van der Waals surface area contributed by atoms with Gasteiger partial charge in [0.2, 0.25) is 0 Å². The fraction of sp³-hybridized carbons (Fsp3) is 0. The molecule has 0 saturated carbocycles. The van der Waals surface area contributed by atoms with E-state index < -0.39 is 0 Å². The van der Waals surface area contributed by atoms with Gasteiger partial charge in [0.1, 0.15) is 0 Å². The smallest absolute Gasteiger partial charge is 0.175 e. The Balaban J connectivity index is 2.77. The van der Waals surface area contributed by atoms with Gasteiger partial charge in [-0.05, 0) is 11.5 Å². The number of hydrogen-bond acceptors (Lipinski definition) is 3. The number of pyridine rings is 1. The minimum absolute atomic E-state index is 0.0850. The van der Waals surface area contributed by atoms with Crippen LogP contribution in [0.3, 0.4) is 0 Å². The summed E-state index contributed by atoms with van der Waals surface area (Å²) in [5, 5.41) is 13.5. The second-order valence-corrected chi connectivity index (χ2v) is 3.15. The van der Waals surface area contributed by atoms with Crippen LogP contribution in [0.2, 0.25) is 0 Å². The Morgan fingerprint density at radius 1 is 1.36 bits per heavy atom. The quantitative estimate of drug-likeness (QED) is 0.443. The average Bonchev–Trinajstić information content (AvgIpc) is 2.27. The van der Waals surface area contributed by atoms with Crippen molar-refractivity contribution in [2.45, 2.75) is 0 Å². The minimum atomic E-state index is 0.0850. The first-order valence-corrected chi connectivity index (χ1v) is 4.41. The van der Waals surface area contributed by atoms with E-state index >= 15 is 0 Å². The van der Waals surface area contributed by atoms with Crippen molar-refractivity contribution in [2.75, 3.05) is 0 Å². The highest BCUT2D eigenvalue weighted by Crippen LogP contribution is 2.19. The van der Waals surface area contributed by atoms with E-state index in [2.05, 4.69) is 10.1 Å². The number of halogens is 1. The van der Waals surface area contributed by atoms with Gasteiger partial charge >= 0.3 is 0 Å². The number of benzene rings is 1. The molecule has 2 rings (SSSR count). The van der Waals surface area contributed by atoms with Gasteiger partial charge in [0.05, 0.1) is 0 Å². The van der Waals surface area contributed by atoms with E-state index in [-0.39, 0.29) is 5.17 Å². The first-order chi connectivity index (χ1) is 6.83. The third kappa shape index (κ3) is 1.42. The van der Waals surface area contributed by atoms with E-state index in [4.69, 9.17) is 16.8 Å². The molecule has 4 heteroatoms. The lowest BCUT2D eigenvalue weighted by atomic mass is 10.1. The molecule has 1 aromatic heterocycles. The van der Waals surface area contributed by atoms with Crippen molar-refractivity contribution >= 4 is 27.5 Å². The summed E-state index contributed by atoms with van der Waals surface area (Å²) in [5.41, 5.74) is 0.703. The van der Waals surface area contributed by atoms with Crippen LogP contribution in [0.5, 0.6) is 0 Å². The van der Waals surface area contributed by atoms with Crippen molar-refractivity contribution in [3.05, 3.63) is 42.2 Å². The Kier molecular flexibility index (Phi) is 2.33. The molecule has 0 unspecified atom stereocenters. The number of hydrogen-bond donors (Lipinski definition) is 1. The van der Waals surface area contributed by atoms with Gasteiger partial charge in [0.25, 0.3) is 0 Å². The molecule has 0 saturated heterocycles. The van der Waals surface area contributed by atoms with E-state index in [1.165, 1.54) is 0 Å². The van der Waals surface area contributed by atoms with Gasteiger partial charge in [0.15, 0.2) is 5.17 Å². The monoisotopic (exact) mass is 206 g/mol. The van der Waals surface area contributed by atoms with Crippen molar-refractivity contribution in [1.29, 1.82) is 0 Å². The van der Waals surface area contributed by atoms with Crippen LogP contribution in [0.25, 0.3) is 10.8 Å². The highest BCUT2D eigenvalue weighted by Gasteiger charge is 2.04. The molecular formula is C10H7ClN2O. The first kappa shape index (κ1) is 8.97. The van der Waals surface area contributed by atoms with Crippen LogP contribution in [0, 0.1) is 0 Å². The molecular weight excluding hydrogens is 200 g/mol. The van der Waals surface area contributed by atoms with Crippen LogP contribution in [-0.4, -0.2) is 15.4 Å². The van der Waals surface area contributed by atoms with Gasteiger partial charge in [0, 0.05) is 23.3 Å². The second-order valence-electron chi connectivity index (χ2n) is 2.79. The number of fused-ring (bicyclic) bond motifs is 1. The van der Waals surface area contributed by atoms with Crippen molar-refractivity contribution in [1.82, 2.24) is 4.98 Å². The van der Waals surface area contributed by atoms with Crippen LogP contribution >= 0.6 is 11.6 Å². The number of aromatic nitrogens is 1. The summed E-state index contributed by atoms with van der Waals surface area (Å²) >= 11 is 5.75. The normalized spacial score (nSPS) is 11.9. The topological polar surface area (TPSA) is 45.5 Å². The molecule has 1 heterocycles. The molecule has 0 fully saturated rings. The lowest BCUT2D eigenvalue weighted by Gasteiger charge is -2.01. The zero-order valence-electron chi connectivity index (χ0n) is 7.18. The summed E-state index contributed by atoms with van der Waals surface area (Å²) in [6, 6.07) is 7.39. The van der Waals surface area contributed by atoms with E-state index in [9.17, 15) is 0 Å². The third-order valence-corrected chi connectivity index (χ3v) is 2.27. The van der Waals surface area contributed by atoms with Crippen molar-refractivity contribution in [3.8, 4) is 0 Å². The maximum Gasteiger partial charge on any atom is 0.175 e. The molecule has 0 aliphatic rings. The molecule has 1 aromatic carbocycles. The van der Waals surface area contributed by atoms with Gasteiger partial charge in [-0.15, -0.1) is 0 Å². The molecule has 0 amide bonds.